The van der Waals surface area contributed by atoms with Gasteiger partial charge in [-0.25, -0.2) is 0 Å². The highest BCUT2D eigenvalue weighted by Gasteiger charge is 2.17. The summed E-state index contributed by atoms with van der Waals surface area (Å²) in [5.74, 6) is -0.0601. The van der Waals surface area contributed by atoms with E-state index in [4.69, 9.17) is 0 Å². The second kappa shape index (κ2) is 9.48. The lowest BCUT2D eigenvalue weighted by atomic mass is 10.1. The zero-order valence-corrected chi connectivity index (χ0v) is 15.8. The Morgan fingerprint density at radius 3 is 3.00 bits per heavy atom. The number of hydrogen-bond donors (Lipinski definition) is 3. The van der Waals surface area contributed by atoms with Crippen LogP contribution in [0.15, 0.2) is 42.7 Å². The molecular formula is C21H28N4O2. The first-order chi connectivity index (χ1) is 13.1. The number of β-amino-alcohol motifs (C(OH)–C–C–N with tert-alkyl or cyclic N) is 1. The second-order valence-electron chi connectivity index (χ2n) is 7.05. The van der Waals surface area contributed by atoms with E-state index in [1.54, 1.807) is 6.20 Å². The molecule has 1 fully saturated rings. The lowest BCUT2D eigenvalue weighted by Crippen LogP contribution is -2.42. The summed E-state index contributed by atoms with van der Waals surface area (Å²) in [6.45, 7) is 5.65. The quantitative estimate of drug-likeness (QED) is 0.698. The van der Waals surface area contributed by atoms with Crippen molar-refractivity contribution in [2.45, 2.75) is 32.4 Å². The highest BCUT2D eigenvalue weighted by molar-refractivity contribution is 5.97. The van der Waals surface area contributed by atoms with Gasteiger partial charge in [0.25, 0.3) is 5.91 Å². The maximum Gasteiger partial charge on any atom is 0.251 e. The van der Waals surface area contributed by atoms with Crippen LogP contribution in [0.25, 0.3) is 0 Å². The first-order valence-electron chi connectivity index (χ1n) is 9.54. The van der Waals surface area contributed by atoms with Crippen LogP contribution in [0.1, 0.15) is 34.3 Å². The number of nitrogens with one attached hydrogen (secondary N) is 2. The molecular weight excluding hydrogens is 340 g/mol. The van der Waals surface area contributed by atoms with Gasteiger partial charge in [0.1, 0.15) is 0 Å². The van der Waals surface area contributed by atoms with Crippen LogP contribution in [0.2, 0.25) is 0 Å². The Morgan fingerprint density at radius 1 is 1.33 bits per heavy atom. The van der Waals surface area contributed by atoms with E-state index in [0.29, 0.717) is 25.2 Å². The Hall–Kier alpha value is -2.44. The number of hydrogen-bond acceptors (Lipinski definition) is 5. The third-order valence-electron chi connectivity index (χ3n) is 4.98. The molecule has 1 aliphatic heterocycles. The van der Waals surface area contributed by atoms with Crippen LogP contribution in [0.3, 0.4) is 0 Å². The van der Waals surface area contributed by atoms with Crippen molar-refractivity contribution in [2.24, 2.45) is 0 Å². The summed E-state index contributed by atoms with van der Waals surface area (Å²) < 4.78 is 0. The van der Waals surface area contributed by atoms with E-state index >= 15 is 0 Å². The smallest absolute Gasteiger partial charge is 0.251 e. The molecule has 0 spiro atoms. The van der Waals surface area contributed by atoms with Crippen molar-refractivity contribution in [1.29, 1.82) is 0 Å². The molecule has 2 aromatic rings. The van der Waals surface area contributed by atoms with E-state index in [1.807, 2.05) is 43.5 Å². The van der Waals surface area contributed by atoms with Gasteiger partial charge in [0.15, 0.2) is 0 Å². The highest BCUT2D eigenvalue weighted by Crippen LogP contribution is 2.19. The van der Waals surface area contributed by atoms with Gasteiger partial charge in [-0.2, -0.15) is 0 Å². The summed E-state index contributed by atoms with van der Waals surface area (Å²) in [4.78, 5) is 18.9. The van der Waals surface area contributed by atoms with Gasteiger partial charge in [0.2, 0.25) is 0 Å². The van der Waals surface area contributed by atoms with Gasteiger partial charge >= 0.3 is 0 Å². The number of anilines is 1. The molecule has 1 saturated heterocycles. The molecule has 144 valence electrons. The van der Waals surface area contributed by atoms with E-state index in [9.17, 15) is 9.90 Å². The van der Waals surface area contributed by atoms with Crippen LogP contribution in [-0.4, -0.2) is 53.2 Å². The predicted molar refractivity (Wildman–Crippen MR) is 107 cm³/mol. The lowest BCUT2D eigenvalue weighted by molar-refractivity contribution is 0.0703. The SMILES string of the molecule is Cc1c(NCc2cccnc2)cccc1C(=O)NCCN1CCC[C@@H](O)C1. The number of amides is 1. The van der Waals surface area contributed by atoms with Crippen molar-refractivity contribution in [2.75, 3.05) is 31.5 Å². The lowest BCUT2D eigenvalue weighted by Gasteiger charge is -2.29. The molecule has 1 aliphatic rings. The number of nitrogens with zero attached hydrogens (tertiary/aromatic N) is 2. The van der Waals surface area contributed by atoms with Crippen molar-refractivity contribution < 1.29 is 9.90 Å². The molecule has 0 aliphatic carbocycles. The fraction of sp³-hybridized carbons (Fsp3) is 0.429. The zero-order valence-electron chi connectivity index (χ0n) is 15.8. The van der Waals surface area contributed by atoms with E-state index < -0.39 is 0 Å². The molecule has 0 bridgehead atoms. The Kier molecular flexibility index (Phi) is 6.79. The number of rotatable bonds is 7. The Balaban J connectivity index is 1.53. The average molecular weight is 368 g/mol. The van der Waals surface area contributed by atoms with E-state index in [0.717, 1.165) is 42.7 Å². The van der Waals surface area contributed by atoms with Gasteiger partial charge in [-0.3, -0.25) is 14.7 Å². The number of pyridine rings is 1. The largest absolute Gasteiger partial charge is 0.392 e. The van der Waals surface area contributed by atoms with Crippen molar-refractivity contribution in [1.82, 2.24) is 15.2 Å². The van der Waals surface area contributed by atoms with E-state index in [-0.39, 0.29) is 12.0 Å². The minimum atomic E-state index is -0.237. The van der Waals surface area contributed by atoms with Crippen LogP contribution in [0.4, 0.5) is 5.69 Å². The molecule has 27 heavy (non-hydrogen) atoms. The molecule has 1 amide bonds. The number of carbonyl (C=O) groups excluding carboxylic acids is 1. The standard InChI is InChI=1S/C21H28N4O2/c1-16-19(21(27)23-10-12-25-11-4-6-18(26)15-25)7-2-8-20(16)24-14-17-5-3-9-22-13-17/h2-3,5,7-9,13,18,24,26H,4,6,10-12,14-15H2,1H3,(H,23,27)/t18-/m1/s1. The van der Waals surface area contributed by atoms with Gasteiger partial charge < -0.3 is 15.7 Å². The highest BCUT2D eigenvalue weighted by atomic mass is 16.3. The fourth-order valence-corrected chi connectivity index (χ4v) is 3.43. The summed E-state index contributed by atoms with van der Waals surface area (Å²) >= 11 is 0. The summed E-state index contributed by atoms with van der Waals surface area (Å²) in [7, 11) is 0. The maximum absolute atomic E-state index is 12.6. The number of likely N-dealkylation sites (tertiary alicyclic amines) is 1. The fourth-order valence-electron chi connectivity index (χ4n) is 3.43. The first-order valence-corrected chi connectivity index (χ1v) is 9.54. The van der Waals surface area contributed by atoms with Gasteiger partial charge in [-0.1, -0.05) is 12.1 Å². The normalized spacial score (nSPS) is 17.5. The molecule has 1 aromatic heterocycles. The monoisotopic (exact) mass is 368 g/mol. The third-order valence-corrected chi connectivity index (χ3v) is 4.98. The minimum Gasteiger partial charge on any atom is -0.392 e. The molecule has 0 unspecified atom stereocenters. The van der Waals surface area contributed by atoms with Crippen molar-refractivity contribution in [3.05, 3.63) is 59.4 Å². The second-order valence-corrected chi connectivity index (χ2v) is 7.05. The molecule has 6 nitrogen and oxygen atoms in total. The van der Waals surface area contributed by atoms with Gasteiger partial charge in [-0.05, 0) is 55.6 Å². The Bertz CT molecular complexity index is 751. The summed E-state index contributed by atoms with van der Waals surface area (Å²) in [6.07, 6.45) is 5.24. The summed E-state index contributed by atoms with van der Waals surface area (Å²) in [5, 5.41) is 16.1. The van der Waals surface area contributed by atoms with Crippen LogP contribution in [-0.2, 0) is 6.54 Å². The number of aromatic nitrogens is 1. The van der Waals surface area contributed by atoms with Gasteiger partial charge in [-0.15, -0.1) is 0 Å². The maximum atomic E-state index is 12.6. The molecule has 2 heterocycles. The van der Waals surface area contributed by atoms with Crippen LogP contribution in [0.5, 0.6) is 0 Å². The molecule has 1 atom stereocenters. The molecule has 6 heteroatoms. The van der Waals surface area contributed by atoms with Crippen molar-refractivity contribution in [3.8, 4) is 0 Å². The Morgan fingerprint density at radius 2 is 2.22 bits per heavy atom. The molecule has 0 radical (unpaired) electrons. The average Bonchev–Trinajstić information content (AvgIpc) is 2.68. The minimum absolute atomic E-state index is 0.0601. The summed E-state index contributed by atoms with van der Waals surface area (Å²) in [5.41, 5.74) is 3.67. The molecule has 3 rings (SSSR count). The predicted octanol–water partition coefficient (Wildman–Crippen LogP) is 2.19. The molecule has 3 N–H and O–H groups in total. The van der Waals surface area contributed by atoms with E-state index in [2.05, 4.69) is 20.5 Å². The zero-order chi connectivity index (χ0) is 19.1. The molecule has 0 saturated carbocycles. The topological polar surface area (TPSA) is 77.5 Å². The van der Waals surface area contributed by atoms with Crippen LogP contribution < -0.4 is 10.6 Å². The number of carbonyl (C=O) groups is 1. The van der Waals surface area contributed by atoms with Crippen molar-refractivity contribution >= 4 is 11.6 Å². The van der Waals surface area contributed by atoms with Crippen LogP contribution in [0, 0.1) is 6.92 Å². The Labute approximate surface area is 160 Å². The third kappa shape index (κ3) is 5.52. The van der Waals surface area contributed by atoms with Gasteiger partial charge in [0.05, 0.1) is 6.10 Å². The number of piperidine rings is 1. The summed E-state index contributed by atoms with van der Waals surface area (Å²) in [6, 6.07) is 9.66. The van der Waals surface area contributed by atoms with Crippen LogP contribution >= 0.6 is 0 Å². The van der Waals surface area contributed by atoms with Gasteiger partial charge in [0, 0.05) is 49.8 Å². The van der Waals surface area contributed by atoms with Crippen molar-refractivity contribution in [3.63, 3.8) is 0 Å². The first kappa shape index (κ1) is 19.3. The molecule has 1 aromatic carbocycles. The number of aliphatic hydroxyl groups is 1. The number of aliphatic hydroxyl groups excluding tert-OH is 1. The van der Waals surface area contributed by atoms with E-state index in [1.165, 1.54) is 0 Å². The number of benzene rings is 1.